The van der Waals surface area contributed by atoms with E-state index in [1.165, 1.54) is 60.5 Å². The summed E-state index contributed by atoms with van der Waals surface area (Å²) in [5.41, 5.74) is 13.2. The molecule has 0 amide bonds. The highest BCUT2D eigenvalue weighted by Gasteiger charge is 2.25. The van der Waals surface area contributed by atoms with E-state index in [0.717, 1.165) is 67.9 Å². The van der Waals surface area contributed by atoms with Gasteiger partial charge in [0.2, 0.25) is 0 Å². The number of thiophene rings is 3. The van der Waals surface area contributed by atoms with E-state index in [2.05, 4.69) is 253 Å². The van der Waals surface area contributed by atoms with E-state index in [-0.39, 0.29) is 0 Å². The predicted octanol–water partition coefficient (Wildman–Crippen LogP) is 21.1. The highest BCUT2D eigenvalue weighted by atomic mass is 32.1. The van der Waals surface area contributed by atoms with Crippen molar-refractivity contribution in [1.82, 2.24) is 0 Å². The maximum atomic E-state index is 4.03. The van der Waals surface area contributed by atoms with E-state index < -0.39 is 0 Å². The quantitative estimate of drug-likeness (QED) is 0.121. The van der Waals surface area contributed by atoms with Gasteiger partial charge in [-0.2, -0.15) is 0 Å². The minimum absolute atomic E-state index is 1.09. The fourth-order valence-corrected chi connectivity index (χ4v) is 14.2. The maximum absolute atomic E-state index is 4.03. The summed E-state index contributed by atoms with van der Waals surface area (Å²) in [5.74, 6) is 0. The smallest absolute Gasteiger partial charge is 0.0468 e. The van der Waals surface area contributed by atoms with Gasteiger partial charge in [-0.25, -0.2) is 0 Å². The van der Waals surface area contributed by atoms with Gasteiger partial charge in [0.1, 0.15) is 0 Å². The first-order valence-electron chi connectivity index (χ1n) is 24.0. The highest BCUT2D eigenvalue weighted by Crippen LogP contribution is 2.55. The fraction of sp³-hybridized carbons (Fsp3) is 0. The molecule has 0 N–H and O–H groups in total. The number of hydrogen-bond donors (Lipinski definition) is 0. The number of hydrogen-bond acceptors (Lipinski definition) is 6. The van der Waals surface area contributed by atoms with Crippen LogP contribution in [-0.4, -0.2) is 0 Å². The molecule has 0 radical (unpaired) electrons. The van der Waals surface area contributed by atoms with Crippen molar-refractivity contribution in [2.75, 3.05) is 14.7 Å². The molecule has 0 aliphatic carbocycles. The van der Waals surface area contributed by atoms with Crippen LogP contribution in [0.4, 0.5) is 51.2 Å². The Balaban J connectivity index is 1.10. The van der Waals surface area contributed by atoms with Gasteiger partial charge in [0.05, 0.1) is 0 Å². The average Bonchev–Trinajstić information content (AvgIpc) is 4.14. The predicted molar refractivity (Wildman–Crippen MR) is 319 cm³/mol. The Bertz CT molecular complexity index is 3720. The largest absolute Gasteiger partial charge is 0.310 e. The van der Waals surface area contributed by atoms with Crippen LogP contribution in [0.1, 0.15) is 16.7 Å². The molecule has 3 nitrogen and oxygen atoms in total. The molecule has 0 fully saturated rings. The van der Waals surface area contributed by atoms with E-state index in [9.17, 15) is 0 Å². The summed E-state index contributed by atoms with van der Waals surface area (Å²) in [7, 11) is 0. The molecule has 0 aliphatic heterocycles. The van der Waals surface area contributed by atoms with Gasteiger partial charge in [0.15, 0.2) is 0 Å². The van der Waals surface area contributed by atoms with Crippen molar-refractivity contribution in [3.8, 4) is 0 Å². The van der Waals surface area contributed by atoms with E-state index in [1.807, 2.05) is 52.2 Å². The summed E-state index contributed by atoms with van der Waals surface area (Å²) in [4.78, 5) is 7.11. The Kier molecular flexibility index (Phi) is 10.9. The van der Waals surface area contributed by atoms with Crippen molar-refractivity contribution in [2.24, 2.45) is 0 Å². The van der Waals surface area contributed by atoms with Crippen molar-refractivity contribution in [1.29, 1.82) is 0 Å². The molecule has 13 aromatic rings. The van der Waals surface area contributed by atoms with Gasteiger partial charge < -0.3 is 14.7 Å². The Morgan fingerprint density at radius 3 is 0.750 bits per heavy atom. The van der Waals surface area contributed by atoms with Gasteiger partial charge in [-0.3, -0.25) is 0 Å². The lowest BCUT2D eigenvalue weighted by molar-refractivity contribution is 1.29. The highest BCUT2D eigenvalue weighted by molar-refractivity contribution is 7.34. The number of para-hydroxylation sites is 3. The Hall–Kier alpha value is -8.52. The van der Waals surface area contributed by atoms with Crippen LogP contribution in [0, 0.1) is 0 Å². The second-order valence-electron chi connectivity index (χ2n) is 17.9. The van der Waals surface area contributed by atoms with Crippen molar-refractivity contribution in [3.05, 3.63) is 255 Å². The first kappa shape index (κ1) is 43.5. The second kappa shape index (κ2) is 18.0. The number of benzene rings is 10. The normalized spacial score (nSPS) is 11.5. The lowest BCUT2D eigenvalue weighted by atomic mass is 10.0. The van der Waals surface area contributed by atoms with E-state index in [1.54, 1.807) is 0 Å². The van der Waals surface area contributed by atoms with Crippen molar-refractivity contribution in [2.45, 2.75) is 0 Å². The van der Waals surface area contributed by atoms with Crippen molar-refractivity contribution in [3.63, 3.8) is 0 Å². The van der Waals surface area contributed by atoms with Crippen LogP contribution in [0.5, 0.6) is 0 Å². The molecular formula is C66H45N3S3. The van der Waals surface area contributed by atoms with Gasteiger partial charge >= 0.3 is 0 Å². The van der Waals surface area contributed by atoms with Gasteiger partial charge in [0.25, 0.3) is 0 Å². The van der Waals surface area contributed by atoms with Crippen LogP contribution in [-0.2, 0) is 0 Å². The molecule has 0 spiro atoms. The monoisotopic (exact) mass is 975 g/mol. The van der Waals surface area contributed by atoms with E-state index >= 15 is 0 Å². The second-order valence-corrected chi connectivity index (χ2v) is 21.0. The zero-order valence-corrected chi connectivity index (χ0v) is 41.7. The summed E-state index contributed by atoms with van der Waals surface area (Å²) in [6.45, 7) is 12.1. The van der Waals surface area contributed by atoms with Crippen LogP contribution >= 0.6 is 34.0 Å². The van der Waals surface area contributed by atoms with E-state index in [0.29, 0.717) is 0 Å². The van der Waals surface area contributed by atoms with E-state index in [4.69, 9.17) is 0 Å². The number of anilines is 9. The van der Waals surface area contributed by atoms with Crippen molar-refractivity contribution < 1.29 is 0 Å². The Labute approximate surface area is 430 Å². The SMILES string of the molecule is C=Cc1ccc(N(c2ccccc2)c2ccc3sc4c(c3c2)c2sc3ccc(N(c5ccccc5)c5ccc(C=C)cc5)cc3c2c2sc3ccc(N(c5ccccc5)c5ccc(C=C)cc5)cc3c42)cc1. The molecule has 0 atom stereocenters. The van der Waals surface area contributed by atoms with Crippen LogP contribution in [0.25, 0.3) is 78.7 Å². The molecule has 0 aliphatic rings. The minimum Gasteiger partial charge on any atom is -0.310 e. The molecule has 0 saturated heterocycles. The third-order valence-electron chi connectivity index (χ3n) is 13.7. The van der Waals surface area contributed by atoms with Crippen LogP contribution in [0.2, 0.25) is 0 Å². The topological polar surface area (TPSA) is 9.72 Å². The molecule has 0 bridgehead atoms. The third-order valence-corrected chi connectivity index (χ3v) is 17.2. The summed E-state index contributed by atoms with van der Waals surface area (Å²) in [6, 6.07) is 79.3. The molecule has 342 valence electrons. The number of fused-ring (bicyclic) bond motifs is 12. The zero-order chi connectivity index (χ0) is 48.3. The molecule has 0 unspecified atom stereocenters. The minimum atomic E-state index is 1.09. The number of nitrogens with zero attached hydrogens (tertiary/aromatic N) is 3. The van der Waals surface area contributed by atoms with Crippen LogP contribution < -0.4 is 14.7 Å². The summed E-state index contributed by atoms with van der Waals surface area (Å²) < 4.78 is 7.73. The molecular weight excluding hydrogens is 931 g/mol. The van der Waals surface area contributed by atoms with Gasteiger partial charge in [-0.05, 0) is 144 Å². The lowest BCUT2D eigenvalue weighted by Gasteiger charge is -2.25. The molecule has 10 aromatic carbocycles. The first-order chi connectivity index (χ1) is 35.5. The number of rotatable bonds is 12. The Morgan fingerprint density at radius 2 is 0.500 bits per heavy atom. The van der Waals surface area contributed by atoms with Gasteiger partial charge in [-0.15, -0.1) is 34.0 Å². The summed E-state index contributed by atoms with van der Waals surface area (Å²) in [6.07, 6.45) is 5.70. The molecule has 72 heavy (non-hydrogen) atoms. The van der Waals surface area contributed by atoms with Gasteiger partial charge in [-0.1, -0.05) is 129 Å². The fourth-order valence-electron chi connectivity index (χ4n) is 10.2. The molecule has 0 saturated carbocycles. The van der Waals surface area contributed by atoms with Crippen LogP contribution in [0.3, 0.4) is 0 Å². The van der Waals surface area contributed by atoms with Crippen LogP contribution in [0.15, 0.2) is 238 Å². The molecule has 13 rings (SSSR count). The summed E-state index contributed by atoms with van der Waals surface area (Å²) >= 11 is 5.74. The van der Waals surface area contributed by atoms with Gasteiger partial charge in [0, 0.05) is 112 Å². The summed E-state index contributed by atoms with van der Waals surface area (Å²) in [5, 5.41) is 7.69. The maximum Gasteiger partial charge on any atom is 0.0468 e. The molecule has 3 heterocycles. The molecule has 6 heteroatoms. The lowest BCUT2D eigenvalue weighted by Crippen LogP contribution is -2.09. The molecule has 3 aromatic heterocycles. The zero-order valence-electron chi connectivity index (χ0n) is 39.2. The van der Waals surface area contributed by atoms with Crippen molar-refractivity contribution >= 4 is 164 Å². The first-order valence-corrected chi connectivity index (χ1v) is 26.4. The standard InChI is InChI=1S/C66H45N3S3/c1-4-43-22-28-49(29-23-43)67(46-16-10-7-11-17-46)52-34-37-58-55(40-52)61-64(70-58)62-57-42-54(69(48-20-14-9-15-21-48)51-32-26-45(6-3)27-33-51)36-39-60(57)72-66(62)63-56-41-53(35-38-59(56)71-65(61)63)68(47-18-12-8-13-19-47)50-30-24-44(5-2)25-31-50/h4-42H,1-3H2. The Morgan fingerprint density at radius 1 is 0.264 bits per heavy atom. The average molecular weight is 976 g/mol. The third kappa shape index (κ3) is 7.39.